The second-order valence-electron chi connectivity index (χ2n) is 6.40. The van der Waals surface area contributed by atoms with Gasteiger partial charge in [-0.15, -0.1) is 24.0 Å². The SMILES string of the molecule is CCNC(=NCc1cc(F)ccc1F)NCCC(CC)N1CCCC1=O.I. The molecule has 1 amide bonds. The van der Waals surface area contributed by atoms with Gasteiger partial charge >= 0.3 is 0 Å². The number of hydrogen-bond donors (Lipinski definition) is 2. The van der Waals surface area contributed by atoms with Crippen LogP contribution in [0.1, 0.15) is 45.1 Å². The minimum Gasteiger partial charge on any atom is -0.357 e. The number of aliphatic imine (C=N–C) groups is 1. The van der Waals surface area contributed by atoms with Crippen molar-refractivity contribution in [2.24, 2.45) is 4.99 Å². The molecular formula is C19H29F2IN4O. The average molecular weight is 494 g/mol. The first-order chi connectivity index (χ1) is 12.5. The lowest BCUT2D eigenvalue weighted by molar-refractivity contribution is -0.129. The Balaban J connectivity index is 0.00000364. The van der Waals surface area contributed by atoms with E-state index in [0.717, 1.165) is 44.0 Å². The average Bonchev–Trinajstić information content (AvgIpc) is 3.05. The summed E-state index contributed by atoms with van der Waals surface area (Å²) in [6.45, 7) is 6.24. The van der Waals surface area contributed by atoms with Crippen molar-refractivity contribution in [2.45, 2.75) is 52.1 Å². The van der Waals surface area contributed by atoms with E-state index in [1.807, 2.05) is 11.8 Å². The van der Waals surface area contributed by atoms with Crippen molar-refractivity contribution in [3.8, 4) is 0 Å². The van der Waals surface area contributed by atoms with Crippen LogP contribution in [0, 0.1) is 11.6 Å². The maximum Gasteiger partial charge on any atom is 0.222 e. The molecule has 1 fully saturated rings. The van der Waals surface area contributed by atoms with Crippen molar-refractivity contribution in [1.82, 2.24) is 15.5 Å². The highest BCUT2D eigenvalue weighted by Crippen LogP contribution is 2.17. The van der Waals surface area contributed by atoms with Gasteiger partial charge in [0.05, 0.1) is 6.54 Å². The lowest BCUT2D eigenvalue weighted by Crippen LogP contribution is -2.42. The molecule has 0 spiro atoms. The van der Waals surface area contributed by atoms with Gasteiger partial charge in [-0.05, 0) is 44.4 Å². The lowest BCUT2D eigenvalue weighted by Gasteiger charge is -2.27. The van der Waals surface area contributed by atoms with Crippen LogP contribution in [0.3, 0.4) is 0 Å². The van der Waals surface area contributed by atoms with Gasteiger partial charge < -0.3 is 15.5 Å². The summed E-state index contributed by atoms with van der Waals surface area (Å²) < 4.78 is 27.0. The van der Waals surface area contributed by atoms with Gasteiger partial charge in [-0.1, -0.05) is 6.92 Å². The molecule has 2 rings (SSSR count). The first kappa shape index (κ1) is 23.6. The number of guanidine groups is 1. The second kappa shape index (κ2) is 12.1. The molecule has 0 aromatic heterocycles. The molecule has 8 heteroatoms. The van der Waals surface area contributed by atoms with Crippen molar-refractivity contribution in [3.05, 3.63) is 35.4 Å². The molecule has 27 heavy (non-hydrogen) atoms. The quantitative estimate of drug-likeness (QED) is 0.331. The summed E-state index contributed by atoms with van der Waals surface area (Å²) in [5.74, 6) is -0.155. The predicted octanol–water partition coefficient (Wildman–Crippen LogP) is 3.43. The van der Waals surface area contributed by atoms with E-state index >= 15 is 0 Å². The van der Waals surface area contributed by atoms with Crippen LogP contribution in [0.25, 0.3) is 0 Å². The Kier molecular flexibility index (Phi) is 10.6. The Morgan fingerprint density at radius 2 is 2.07 bits per heavy atom. The molecule has 1 aliphatic heterocycles. The molecule has 1 unspecified atom stereocenters. The number of carbonyl (C=O) groups excluding carboxylic acids is 1. The van der Waals surface area contributed by atoms with Crippen molar-refractivity contribution < 1.29 is 13.6 Å². The maximum atomic E-state index is 13.7. The fourth-order valence-corrected chi connectivity index (χ4v) is 3.16. The van der Waals surface area contributed by atoms with Gasteiger partial charge in [0.25, 0.3) is 0 Å². The van der Waals surface area contributed by atoms with Crippen LogP contribution in [0.2, 0.25) is 0 Å². The third-order valence-electron chi connectivity index (χ3n) is 4.55. The molecule has 2 N–H and O–H groups in total. The number of nitrogens with one attached hydrogen (secondary N) is 2. The summed E-state index contributed by atoms with van der Waals surface area (Å²) in [5.41, 5.74) is 0.219. The van der Waals surface area contributed by atoms with E-state index in [2.05, 4.69) is 22.5 Å². The Bertz CT molecular complexity index is 642. The minimum absolute atomic E-state index is 0. The van der Waals surface area contributed by atoms with Crippen molar-refractivity contribution in [3.63, 3.8) is 0 Å². The summed E-state index contributed by atoms with van der Waals surface area (Å²) in [4.78, 5) is 18.2. The van der Waals surface area contributed by atoms with Crippen LogP contribution in [-0.2, 0) is 11.3 Å². The van der Waals surface area contributed by atoms with Crippen LogP contribution in [0.4, 0.5) is 8.78 Å². The Morgan fingerprint density at radius 1 is 1.30 bits per heavy atom. The second-order valence-corrected chi connectivity index (χ2v) is 6.40. The number of benzene rings is 1. The van der Waals surface area contributed by atoms with E-state index in [1.54, 1.807) is 0 Å². The molecule has 0 radical (unpaired) electrons. The van der Waals surface area contributed by atoms with Crippen LogP contribution >= 0.6 is 24.0 Å². The van der Waals surface area contributed by atoms with Gasteiger partial charge in [0, 0.05) is 37.7 Å². The van der Waals surface area contributed by atoms with E-state index in [1.165, 1.54) is 0 Å². The normalized spacial score (nSPS) is 15.5. The van der Waals surface area contributed by atoms with E-state index in [0.29, 0.717) is 25.5 Å². The lowest BCUT2D eigenvalue weighted by atomic mass is 10.1. The number of carbonyl (C=O) groups is 1. The summed E-state index contributed by atoms with van der Waals surface area (Å²) >= 11 is 0. The predicted molar refractivity (Wildman–Crippen MR) is 114 cm³/mol. The van der Waals surface area contributed by atoms with E-state index in [-0.39, 0.29) is 48.0 Å². The number of nitrogens with zero attached hydrogens (tertiary/aromatic N) is 2. The zero-order valence-electron chi connectivity index (χ0n) is 15.9. The molecule has 1 aromatic rings. The first-order valence-electron chi connectivity index (χ1n) is 9.30. The van der Waals surface area contributed by atoms with Crippen molar-refractivity contribution in [2.75, 3.05) is 19.6 Å². The zero-order chi connectivity index (χ0) is 18.9. The summed E-state index contributed by atoms with van der Waals surface area (Å²) in [6, 6.07) is 3.59. The molecule has 0 aliphatic carbocycles. The van der Waals surface area contributed by atoms with Crippen molar-refractivity contribution >= 4 is 35.8 Å². The maximum absolute atomic E-state index is 13.7. The number of likely N-dealkylation sites (tertiary alicyclic amines) is 1. The molecule has 1 atom stereocenters. The van der Waals surface area contributed by atoms with Gasteiger partial charge in [-0.2, -0.15) is 0 Å². The molecular weight excluding hydrogens is 465 g/mol. The molecule has 5 nitrogen and oxygen atoms in total. The van der Waals surface area contributed by atoms with E-state index in [9.17, 15) is 13.6 Å². The highest BCUT2D eigenvalue weighted by molar-refractivity contribution is 14.0. The van der Waals surface area contributed by atoms with Crippen molar-refractivity contribution in [1.29, 1.82) is 0 Å². The number of hydrogen-bond acceptors (Lipinski definition) is 2. The van der Waals surface area contributed by atoms with Gasteiger partial charge in [-0.25, -0.2) is 13.8 Å². The molecule has 1 heterocycles. The monoisotopic (exact) mass is 494 g/mol. The van der Waals surface area contributed by atoms with Gasteiger partial charge in [0.1, 0.15) is 11.6 Å². The zero-order valence-corrected chi connectivity index (χ0v) is 18.3. The van der Waals surface area contributed by atoms with Gasteiger partial charge in [0.2, 0.25) is 5.91 Å². The van der Waals surface area contributed by atoms with E-state index in [4.69, 9.17) is 0 Å². The fourth-order valence-electron chi connectivity index (χ4n) is 3.16. The van der Waals surface area contributed by atoms with Crippen LogP contribution in [-0.4, -0.2) is 42.4 Å². The first-order valence-corrected chi connectivity index (χ1v) is 9.30. The molecule has 0 bridgehead atoms. The molecule has 1 aromatic carbocycles. The number of amides is 1. The minimum atomic E-state index is -0.476. The standard InChI is InChI=1S/C19H28F2N4O.HI/c1-3-16(25-11-5-6-18(25)26)9-10-23-19(22-4-2)24-13-14-12-15(20)7-8-17(14)21;/h7-8,12,16H,3-6,9-11,13H2,1-2H3,(H2,22,23,24);1H. The third-order valence-corrected chi connectivity index (χ3v) is 4.55. The van der Waals surface area contributed by atoms with Crippen LogP contribution in [0.5, 0.6) is 0 Å². The highest BCUT2D eigenvalue weighted by atomic mass is 127. The Morgan fingerprint density at radius 3 is 2.70 bits per heavy atom. The number of rotatable bonds is 8. The third kappa shape index (κ3) is 7.23. The topological polar surface area (TPSA) is 56.7 Å². The Hall–Kier alpha value is -1.45. The summed E-state index contributed by atoms with van der Waals surface area (Å²) in [7, 11) is 0. The highest BCUT2D eigenvalue weighted by Gasteiger charge is 2.26. The summed E-state index contributed by atoms with van der Waals surface area (Å²) in [6.07, 6.45) is 3.32. The number of halogens is 3. The van der Waals surface area contributed by atoms with E-state index < -0.39 is 11.6 Å². The van der Waals surface area contributed by atoms with Crippen LogP contribution < -0.4 is 10.6 Å². The molecule has 1 saturated heterocycles. The summed E-state index contributed by atoms with van der Waals surface area (Å²) in [5, 5.41) is 6.31. The smallest absolute Gasteiger partial charge is 0.222 e. The largest absolute Gasteiger partial charge is 0.357 e. The Labute approximate surface area is 177 Å². The fraction of sp³-hybridized carbons (Fsp3) is 0.579. The van der Waals surface area contributed by atoms with Gasteiger partial charge in [0.15, 0.2) is 5.96 Å². The van der Waals surface area contributed by atoms with Crippen LogP contribution in [0.15, 0.2) is 23.2 Å². The van der Waals surface area contributed by atoms with Gasteiger partial charge in [-0.3, -0.25) is 4.79 Å². The molecule has 1 aliphatic rings. The molecule has 152 valence electrons. The molecule has 0 saturated carbocycles.